The molecule has 2 aromatic carbocycles. The lowest BCUT2D eigenvalue weighted by Gasteiger charge is -2.35. The van der Waals surface area contributed by atoms with Gasteiger partial charge in [0.1, 0.15) is 6.04 Å². The van der Waals surface area contributed by atoms with Crippen molar-refractivity contribution in [1.29, 1.82) is 0 Å². The quantitative estimate of drug-likeness (QED) is 0.348. The Labute approximate surface area is 263 Å². The van der Waals surface area contributed by atoms with Gasteiger partial charge in [-0.2, -0.15) is 0 Å². The first-order valence-electron chi connectivity index (χ1n) is 13.8. The van der Waals surface area contributed by atoms with E-state index in [0.29, 0.717) is 47.2 Å². The van der Waals surface area contributed by atoms with Gasteiger partial charge < -0.3 is 10.6 Å². The summed E-state index contributed by atoms with van der Waals surface area (Å²) in [7, 11) is 0. The van der Waals surface area contributed by atoms with E-state index < -0.39 is 6.04 Å². The zero-order valence-electron chi connectivity index (χ0n) is 23.0. The molecule has 2 aliphatic heterocycles. The van der Waals surface area contributed by atoms with E-state index in [4.69, 9.17) is 23.2 Å². The highest BCUT2D eigenvalue weighted by Gasteiger charge is 2.34. The van der Waals surface area contributed by atoms with Gasteiger partial charge in [-0.3, -0.25) is 23.9 Å². The largest absolute Gasteiger partial charge is 0.354 e. The van der Waals surface area contributed by atoms with E-state index in [0.717, 1.165) is 24.8 Å². The number of aromatic nitrogens is 5. The first-order valence-corrected chi connectivity index (χ1v) is 14.5. The van der Waals surface area contributed by atoms with Gasteiger partial charge in [0.25, 0.3) is 5.56 Å². The molecule has 2 atom stereocenters. The van der Waals surface area contributed by atoms with Crippen LogP contribution in [0.4, 0.5) is 5.69 Å². The zero-order valence-corrected chi connectivity index (χ0v) is 25.3. The molecule has 4 aromatic rings. The minimum atomic E-state index is -0.656. The van der Waals surface area contributed by atoms with Crippen molar-refractivity contribution in [2.24, 2.45) is 0 Å². The summed E-state index contributed by atoms with van der Waals surface area (Å²) in [6.07, 6.45) is 6.28. The number of hydrogen-bond donors (Lipinski definition) is 2. The Balaban J connectivity index is 0.00000368. The number of carbonyl (C=O) groups excluding carboxylic acids is 2. The van der Waals surface area contributed by atoms with Crippen LogP contribution in [0, 0.1) is 0 Å². The van der Waals surface area contributed by atoms with Crippen LogP contribution in [0.5, 0.6) is 0 Å². The first kappa shape index (κ1) is 30.7. The Kier molecular flexibility index (Phi) is 9.46. The molecule has 2 bridgehead atoms. The summed E-state index contributed by atoms with van der Waals surface area (Å²) < 4.78 is 3.13. The average molecular weight is 644 g/mol. The second-order valence-corrected chi connectivity index (χ2v) is 11.2. The Morgan fingerprint density at radius 2 is 1.81 bits per heavy atom. The molecule has 2 aromatic heterocycles. The number of rotatable bonds is 3. The molecule has 2 amide bonds. The van der Waals surface area contributed by atoms with Crippen LogP contribution in [0.25, 0.3) is 16.9 Å². The minimum Gasteiger partial charge on any atom is -0.354 e. The molecule has 4 heterocycles. The number of hydrogen-bond acceptors (Lipinski definition) is 7. The third-order valence-corrected chi connectivity index (χ3v) is 8.01. The molecule has 224 valence electrons. The average Bonchev–Trinajstić information content (AvgIpc) is 3.42. The van der Waals surface area contributed by atoms with E-state index in [-0.39, 0.29) is 47.5 Å². The van der Waals surface area contributed by atoms with Gasteiger partial charge in [0.2, 0.25) is 11.8 Å². The molecule has 0 radical (unpaired) electrons. The minimum absolute atomic E-state index is 0. The van der Waals surface area contributed by atoms with E-state index in [2.05, 4.69) is 25.9 Å². The van der Waals surface area contributed by atoms with Crippen LogP contribution in [-0.4, -0.2) is 62.0 Å². The topological polar surface area (TPSA) is 127 Å². The fourth-order valence-corrected chi connectivity index (χ4v) is 5.88. The zero-order chi connectivity index (χ0) is 29.2. The number of anilines is 1. The number of nitrogens with zero attached hydrogens (tertiary/aromatic N) is 6. The highest BCUT2D eigenvalue weighted by atomic mass is 35.5. The van der Waals surface area contributed by atoms with E-state index in [1.54, 1.807) is 40.2 Å². The van der Waals surface area contributed by atoms with Crippen LogP contribution in [0.2, 0.25) is 10.2 Å². The molecule has 6 rings (SSSR count). The molecule has 43 heavy (non-hydrogen) atoms. The van der Waals surface area contributed by atoms with Gasteiger partial charge in [-0.05, 0) is 48.7 Å². The molecule has 0 unspecified atom stereocenters. The Hall–Kier alpha value is -3.77. The van der Waals surface area contributed by atoms with E-state index in [1.165, 1.54) is 10.7 Å². The lowest BCUT2D eigenvalue weighted by atomic mass is 9.98. The van der Waals surface area contributed by atoms with Crippen LogP contribution in [0.15, 0.2) is 65.8 Å². The van der Waals surface area contributed by atoms with Crippen LogP contribution in [0.1, 0.15) is 37.3 Å². The predicted octanol–water partition coefficient (Wildman–Crippen LogP) is 3.80. The third kappa shape index (κ3) is 6.45. The van der Waals surface area contributed by atoms with Crippen molar-refractivity contribution in [3.05, 3.63) is 87.1 Å². The predicted molar refractivity (Wildman–Crippen MR) is 166 cm³/mol. The molecule has 1 fully saturated rings. The van der Waals surface area contributed by atoms with E-state index >= 15 is 0 Å². The molecule has 2 N–H and O–H groups in total. The smallest absolute Gasteiger partial charge is 0.254 e. The van der Waals surface area contributed by atoms with E-state index in [1.807, 2.05) is 24.3 Å². The highest BCUT2D eigenvalue weighted by Crippen LogP contribution is 2.31. The Bertz CT molecular complexity index is 1710. The van der Waals surface area contributed by atoms with Crippen molar-refractivity contribution in [3.8, 4) is 16.9 Å². The van der Waals surface area contributed by atoms with Crippen molar-refractivity contribution < 1.29 is 9.59 Å². The maximum Gasteiger partial charge on any atom is 0.254 e. The van der Waals surface area contributed by atoms with Crippen molar-refractivity contribution >= 4 is 53.1 Å². The van der Waals surface area contributed by atoms with Crippen LogP contribution >= 0.6 is 35.6 Å². The fraction of sp³-hybridized carbons (Fsp3) is 0.310. The molecule has 14 heteroatoms. The molecule has 11 nitrogen and oxygen atoms in total. The molecular weight excluding hydrogens is 615 g/mol. The van der Waals surface area contributed by atoms with Gasteiger partial charge in [-0.1, -0.05) is 53.4 Å². The summed E-state index contributed by atoms with van der Waals surface area (Å²) in [6, 6.07) is 13.2. The van der Waals surface area contributed by atoms with Gasteiger partial charge in [0.05, 0.1) is 36.5 Å². The lowest BCUT2D eigenvalue weighted by Crippen LogP contribution is -2.61. The number of piperazine rings is 1. The second kappa shape index (κ2) is 13.3. The normalized spacial score (nSPS) is 19.3. The SMILES string of the molecule is Cl.O=C1NCCCCC[C@H](n2cnc(-c3cc(Cl)ccc3-n3cc(Cl)nn3)cc2=O)c2cccc(c2)N2C(=O)CNC[C@@H]12. The fourth-order valence-electron chi connectivity index (χ4n) is 5.58. The summed E-state index contributed by atoms with van der Waals surface area (Å²) in [5.74, 6) is -0.361. The second-order valence-electron chi connectivity index (χ2n) is 10.3. The van der Waals surface area contributed by atoms with Crippen LogP contribution in [-0.2, 0) is 9.59 Å². The molecule has 0 aliphatic carbocycles. The van der Waals surface area contributed by atoms with Crippen molar-refractivity contribution in [3.63, 3.8) is 0 Å². The van der Waals surface area contributed by atoms with Crippen molar-refractivity contribution in [2.45, 2.75) is 37.8 Å². The Morgan fingerprint density at radius 3 is 2.60 bits per heavy atom. The monoisotopic (exact) mass is 642 g/mol. The maximum absolute atomic E-state index is 13.7. The van der Waals surface area contributed by atoms with Crippen LogP contribution in [0.3, 0.4) is 0 Å². The number of amides is 2. The summed E-state index contributed by atoms with van der Waals surface area (Å²) in [6.45, 7) is 1.03. The number of carbonyl (C=O) groups is 2. The summed E-state index contributed by atoms with van der Waals surface area (Å²) in [4.78, 5) is 45.9. The summed E-state index contributed by atoms with van der Waals surface area (Å²) >= 11 is 12.3. The maximum atomic E-state index is 13.7. The number of fused-ring (bicyclic) bond motifs is 4. The number of nitrogens with one attached hydrogen (secondary N) is 2. The standard InChI is InChI=1S/C29H28Cl2N8O3.ClH/c30-19-8-9-24(38-16-26(31)35-36-38)21(12-19)22-13-27(40)37(17-34-22)23-7-2-1-3-10-33-29(42)25-14-32-15-28(41)39(25)20-6-4-5-18(23)11-20;/h4-6,8-9,11-13,16-17,23,25,32H,1-3,7,10,14-15H2,(H,33,42);1H/t23-,25-;/m0./s1. The lowest BCUT2D eigenvalue weighted by molar-refractivity contribution is -0.127. The number of benzene rings is 2. The molecular formula is C29H29Cl3N8O3. The van der Waals surface area contributed by atoms with Gasteiger partial charge in [-0.15, -0.1) is 17.5 Å². The van der Waals surface area contributed by atoms with Crippen molar-refractivity contribution in [1.82, 2.24) is 35.2 Å². The Morgan fingerprint density at radius 1 is 0.953 bits per heavy atom. The number of halogens is 3. The van der Waals surface area contributed by atoms with Gasteiger partial charge in [0, 0.05) is 35.4 Å². The summed E-state index contributed by atoms with van der Waals surface area (Å²) in [5, 5.41) is 14.6. The van der Waals surface area contributed by atoms with Gasteiger partial charge in [-0.25, -0.2) is 9.67 Å². The molecule has 0 spiro atoms. The van der Waals surface area contributed by atoms with Crippen LogP contribution < -0.4 is 21.1 Å². The first-order chi connectivity index (χ1) is 20.4. The van der Waals surface area contributed by atoms with Gasteiger partial charge in [0.15, 0.2) is 5.15 Å². The van der Waals surface area contributed by atoms with E-state index in [9.17, 15) is 14.4 Å². The molecule has 2 aliphatic rings. The third-order valence-electron chi connectivity index (χ3n) is 7.60. The summed E-state index contributed by atoms with van der Waals surface area (Å²) in [5.41, 5.74) is 2.89. The van der Waals surface area contributed by atoms with Gasteiger partial charge >= 0.3 is 0 Å². The van der Waals surface area contributed by atoms with Crippen molar-refractivity contribution in [2.75, 3.05) is 24.5 Å². The molecule has 0 saturated carbocycles. The highest BCUT2D eigenvalue weighted by molar-refractivity contribution is 6.31. The molecule has 1 saturated heterocycles.